The molecule has 0 bridgehead atoms. The average Bonchev–Trinajstić information content (AvgIpc) is 3.37. The monoisotopic (exact) mass is 603 g/mol. The van der Waals surface area contributed by atoms with Gasteiger partial charge in [-0.25, -0.2) is 4.68 Å². The van der Waals surface area contributed by atoms with Crippen molar-refractivity contribution in [2.45, 2.75) is 33.7 Å². The predicted molar refractivity (Wildman–Crippen MR) is 172 cm³/mol. The van der Waals surface area contributed by atoms with Crippen molar-refractivity contribution in [3.8, 4) is 11.8 Å². The van der Waals surface area contributed by atoms with Crippen molar-refractivity contribution < 1.29 is 4.79 Å². The van der Waals surface area contributed by atoms with Gasteiger partial charge in [-0.15, -0.1) is 0 Å². The zero-order chi connectivity index (χ0) is 30.3. The average molecular weight is 604 g/mol. The Morgan fingerprint density at radius 2 is 1.69 bits per heavy atom. The number of piperazine rings is 1. The van der Waals surface area contributed by atoms with Crippen molar-refractivity contribution in [2.75, 3.05) is 43.0 Å². The highest BCUT2D eigenvalue weighted by Gasteiger charge is 2.38. The van der Waals surface area contributed by atoms with Crippen molar-refractivity contribution in [3.05, 3.63) is 78.3 Å². The number of thioether (sulfide) groups is 1. The molecule has 0 unspecified atom stereocenters. The summed E-state index contributed by atoms with van der Waals surface area (Å²) in [5.74, 6) is 0.297. The van der Waals surface area contributed by atoms with E-state index in [0.717, 1.165) is 24.9 Å². The van der Waals surface area contributed by atoms with Crippen LogP contribution in [0.3, 0.4) is 0 Å². The molecule has 2 fully saturated rings. The van der Waals surface area contributed by atoms with Gasteiger partial charge >= 0.3 is 0 Å². The summed E-state index contributed by atoms with van der Waals surface area (Å²) in [7, 11) is 3.83. The molecule has 0 saturated carbocycles. The van der Waals surface area contributed by atoms with Gasteiger partial charge in [-0.05, 0) is 51.1 Å². The Hall–Kier alpha value is -3.92. The maximum absolute atomic E-state index is 14.0. The number of pyridine rings is 1. The minimum atomic E-state index is -0.411. The van der Waals surface area contributed by atoms with Crippen LogP contribution in [0.4, 0.5) is 11.5 Å². The number of rotatable bonds is 6. The smallest absolute Gasteiger partial charge is 0.296 e. The second-order valence-electron chi connectivity index (χ2n) is 10.5. The molecule has 0 spiro atoms. The fourth-order valence-corrected chi connectivity index (χ4v) is 6.79. The van der Waals surface area contributed by atoms with E-state index in [1.807, 2.05) is 37.3 Å². The molecule has 12 heteroatoms. The van der Waals surface area contributed by atoms with Gasteiger partial charge in [0.15, 0.2) is 4.32 Å². The largest absolute Gasteiger partial charge is 0.355 e. The van der Waals surface area contributed by atoms with Crippen LogP contribution in [0.2, 0.25) is 0 Å². The zero-order valence-electron chi connectivity index (χ0n) is 24.4. The molecule has 2 aromatic heterocycles. The van der Waals surface area contributed by atoms with Gasteiger partial charge in [0.1, 0.15) is 23.1 Å². The summed E-state index contributed by atoms with van der Waals surface area (Å²) in [6.07, 6.45) is 2.44. The number of hydrogen-bond donors (Lipinski definition) is 0. The molecule has 0 atom stereocenters. The van der Waals surface area contributed by atoms with E-state index in [0.29, 0.717) is 59.3 Å². The van der Waals surface area contributed by atoms with Crippen LogP contribution in [-0.4, -0.2) is 62.3 Å². The third-order valence-corrected chi connectivity index (χ3v) is 9.22. The summed E-state index contributed by atoms with van der Waals surface area (Å²) in [5.41, 5.74) is 2.04. The first kappa shape index (κ1) is 29.6. The van der Waals surface area contributed by atoms with Gasteiger partial charge in [-0.2, -0.15) is 5.26 Å². The number of aromatic nitrogens is 3. The van der Waals surface area contributed by atoms with Crippen LogP contribution < -0.4 is 20.9 Å². The number of thiocarbonyl (C=S) groups is 1. The number of anilines is 2. The Bertz CT molecular complexity index is 1770. The standard InChI is InChI=1S/C30H33N7O3S2/c1-6-12-35-26(34-15-13-32(4)14-16-34)22(19(2)23(18-31)27(35)38)17-24-28(39)36(30(41)42-24)25-20(3)33(5)37(29(25)40)21-10-8-7-9-11-21/h7-11,17H,6,12-16H2,1-5H3/b24-17-. The molecule has 0 N–H and O–H groups in total. The summed E-state index contributed by atoms with van der Waals surface area (Å²) >= 11 is 6.78. The van der Waals surface area contributed by atoms with Crippen molar-refractivity contribution in [2.24, 2.45) is 7.05 Å². The van der Waals surface area contributed by atoms with Crippen LogP contribution in [0.5, 0.6) is 0 Å². The maximum Gasteiger partial charge on any atom is 0.296 e. The Morgan fingerprint density at radius 3 is 2.31 bits per heavy atom. The topological polar surface area (TPSA) is 99.5 Å². The van der Waals surface area contributed by atoms with E-state index in [9.17, 15) is 19.6 Å². The molecule has 4 heterocycles. The molecule has 0 radical (unpaired) electrons. The molecule has 42 heavy (non-hydrogen) atoms. The Morgan fingerprint density at radius 1 is 1.02 bits per heavy atom. The molecule has 1 aromatic carbocycles. The van der Waals surface area contributed by atoms with Crippen molar-refractivity contribution in [3.63, 3.8) is 0 Å². The molecule has 0 aliphatic carbocycles. The summed E-state index contributed by atoms with van der Waals surface area (Å²) in [6.45, 7) is 9.02. The fraction of sp³-hybridized carbons (Fsp3) is 0.367. The van der Waals surface area contributed by atoms with Gasteiger partial charge in [-0.3, -0.25) is 28.5 Å². The van der Waals surface area contributed by atoms with Crippen molar-refractivity contribution in [1.29, 1.82) is 5.26 Å². The van der Waals surface area contributed by atoms with Gasteiger partial charge in [0.2, 0.25) is 0 Å². The minimum Gasteiger partial charge on any atom is -0.355 e. The van der Waals surface area contributed by atoms with E-state index in [1.54, 1.807) is 36.2 Å². The lowest BCUT2D eigenvalue weighted by Crippen LogP contribution is -2.47. The molecule has 2 saturated heterocycles. The molecule has 10 nitrogen and oxygen atoms in total. The van der Waals surface area contributed by atoms with Gasteiger partial charge in [0, 0.05) is 45.3 Å². The molecule has 218 valence electrons. The molecular formula is C30H33N7O3S2. The normalized spacial score (nSPS) is 17.0. The Balaban J connectivity index is 1.66. The summed E-state index contributed by atoms with van der Waals surface area (Å²) in [4.78, 5) is 47.2. The summed E-state index contributed by atoms with van der Waals surface area (Å²) in [5, 5.41) is 9.94. The van der Waals surface area contributed by atoms with Gasteiger partial charge < -0.3 is 9.80 Å². The second-order valence-corrected chi connectivity index (χ2v) is 12.2. The highest BCUT2D eigenvalue weighted by atomic mass is 32.2. The van der Waals surface area contributed by atoms with Crippen LogP contribution in [-0.2, 0) is 18.4 Å². The Labute approximate surface area is 254 Å². The molecule has 2 aliphatic heterocycles. The van der Waals surface area contributed by atoms with Crippen LogP contribution in [0, 0.1) is 25.2 Å². The number of benzene rings is 1. The first-order chi connectivity index (χ1) is 20.1. The number of nitriles is 1. The van der Waals surface area contributed by atoms with E-state index in [2.05, 4.69) is 22.9 Å². The molecule has 5 rings (SSSR count). The van der Waals surface area contributed by atoms with E-state index < -0.39 is 5.91 Å². The fourth-order valence-electron chi connectivity index (χ4n) is 5.54. The van der Waals surface area contributed by atoms with Crippen LogP contribution >= 0.6 is 24.0 Å². The number of hydrogen-bond acceptors (Lipinski definition) is 8. The van der Waals surface area contributed by atoms with Crippen LogP contribution in [0.15, 0.2) is 44.8 Å². The third-order valence-electron chi connectivity index (χ3n) is 7.91. The van der Waals surface area contributed by atoms with Crippen molar-refractivity contribution in [1.82, 2.24) is 18.8 Å². The molecular weight excluding hydrogens is 571 g/mol. The number of carbonyl (C=O) groups is 1. The highest BCUT2D eigenvalue weighted by molar-refractivity contribution is 8.27. The second kappa shape index (κ2) is 11.8. The lowest BCUT2D eigenvalue weighted by atomic mass is 10.0. The van der Waals surface area contributed by atoms with Gasteiger partial charge in [0.25, 0.3) is 17.0 Å². The first-order valence-corrected chi connectivity index (χ1v) is 15.1. The number of carbonyl (C=O) groups excluding carboxylic acids is 1. The Kier molecular flexibility index (Phi) is 8.28. The maximum atomic E-state index is 14.0. The van der Waals surface area contributed by atoms with Crippen LogP contribution in [0.25, 0.3) is 11.8 Å². The van der Waals surface area contributed by atoms with Crippen molar-refractivity contribution >= 4 is 51.8 Å². The highest BCUT2D eigenvalue weighted by Crippen LogP contribution is 2.38. The molecule has 2 aliphatic rings. The SMILES string of the molecule is CCCn1c(N2CCN(C)CC2)c(/C=C2\SC(=S)N(c3c(C)n(C)n(-c4ccccc4)c3=O)C2=O)c(C)c(C#N)c1=O. The third kappa shape index (κ3) is 4.91. The summed E-state index contributed by atoms with van der Waals surface area (Å²) < 4.78 is 5.15. The van der Waals surface area contributed by atoms with Gasteiger partial charge in [-0.1, -0.05) is 49.1 Å². The van der Waals surface area contributed by atoms with Gasteiger partial charge in [0.05, 0.1) is 16.3 Å². The number of amides is 1. The first-order valence-electron chi connectivity index (χ1n) is 13.8. The number of nitrogens with zero attached hydrogens (tertiary/aromatic N) is 7. The zero-order valence-corrected chi connectivity index (χ0v) is 26.0. The lowest BCUT2D eigenvalue weighted by molar-refractivity contribution is -0.113. The van der Waals surface area contributed by atoms with E-state index in [4.69, 9.17) is 12.2 Å². The van der Waals surface area contributed by atoms with E-state index in [1.165, 1.54) is 9.58 Å². The molecule has 1 amide bonds. The number of para-hydroxylation sites is 1. The van der Waals surface area contributed by atoms with Crippen LogP contribution in [0.1, 0.15) is 35.7 Å². The van der Waals surface area contributed by atoms with E-state index in [-0.39, 0.29) is 26.7 Å². The molecule has 3 aromatic rings. The number of likely N-dealkylation sites (N-methyl/N-ethyl adjacent to an activating group) is 1. The lowest BCUT2D eigenvalue weighted by Gasteiger charge is -2.36. The van der Waals surface area contributed by atoms with E-state index >= 15 is 0 Å². The quantitative estimate of drug-likeness (QED) is 0.312. The summed E-state index contributed by atoms with van der Waals surface area (Å²) in [6, 6.07) is 11.3. The minimum absolute atomic E-state index is 0.0627. The predicted octanol–water partition coefficient (Wildman–Crippen LogP) is 3.39.